The molecule has 0 aromatic rings. The molecule has 0 unspecified atom stereocenters. The highest BCUT2D eigenvalue weighted by atomic mass is 79.9. The topological polar surface area (TPSA) is 97.4 Å². The number of hydrogen-bond donors (Lipinski definition) is 0. The maximum absolute atomic E-state index is 11.4. The van der Waals surface area contributed by atoms with Crippen molar-refractivity contribution in [2.24, 2.45) is 0 Å². The van der Waals surface area contributed by atoms with Crippen molar-refractivity contribution in [2.45, 2.75) is 51.5 Å². The molecule has 0 amide bonds. The van der Waals surface area contributed by atoms with E-state index in [0.717, 1.165) is 0 Å². The van der Waals surface area contributed by atoms with Gasteiger partial charge in [0.1, 0.15) is 6.10 Å². The van der Waals surface area contributed by atoms with Gasteiger partial charge in [0, 0.05) is 33.2 Å². The number of ether oxygens (including phenoxy) is 5. The standard InChI is InChI=1S/C13H19BrO8/c1-6(15)19-10-9(5-14)22-13(18-4)12(21-8(3)17)11(10)20-7(2)16/h9-13H,5H2,1-4H3/t9-,10-,11-,12-,13+/m1/s1. The Hall–Kier alpha value is -1.19. The highest BCUT2D eigenvalue weighted by molar-refractivity contribution is 9.09. The molecule has 9 heteroatoms. The van der Waals surface area contributed by atoms with Crippen molar-refractivity contribution in [2.75, 3.05) is 12.4 Å². The van der Waals surface area contributed by atoms with Gasteiger partial charge in [0.2, 0.25) is 0 Å². The molecule has 1 saturated heterocycles. The van der Waals surface area contributed by atoms with Crippen LogP contribution in [0.3, 0.4) is 0 Å². The van der Waals surface area contributed by atoms with Crippen molar-refractivity contribution >= 4 is 33.8 Å². The third-order valence-corrected chi connectivity index (χ3v) is 3.52. The van der Waals surface area contributed by atoms with Crippen LogP contribution in [0.5, 0.6) is 0 Å². The lowest BCUT2D eigenvalue weighted by Gasteiger charge is -2.43. The molecule has 1 aliphatic rings. The van der Waals surface area contributed by atoms with Crippen LogP contribution in [0.4, 0.5) is 0 Å². The summed E-state index contributed by atoms with van der Waals surface area (Å²) in [4.78, 5) is 34.0. The average Bonchev–Trinajstić information content (AvgIpc) is 2.41. The number of carbonyl (C=O) groups is 3. The zero-order valence-electron chi connectivity index (χ0n) is 12.7. The summed E-state index contributed by atoms with van der Waals surface area (Å²) >= 11 is 3.24. The van der Waals surface area contributed by atoms with E-state index in [1.54, 1.807) is 0 Å². The Morgan fingerprint density at radius 3 is 1.77 bits per heavy atom. The summed E-state index contributed by atoms with van der Waals surface area (Å²) in [5.74, 6) is -1.79. The normalized spacial score (nSPS) is 31.2. The van der Waals surface area contributed by atoms with Gasteiger partial charge in [-0.05, 0) is 0 Å². The lowest BCUT2D eigenvalue weighted by Crippen LogP contribution is -2.62. The molecule has 8 nitrogen and oxygen atoms in total. The smallest absolute Gasteiger partial charge is 0.303 e. The van der Waals surface area contributed by atoms with Crippen LogP contribution in [-0.2, 0) is 38.1 Å². The minimum atomic E-state index is -1.05. The van der Waals surface area contributed by atoms with Gasteiger partial charge in [0.25, 0.3) is 0 Å². The minimum absolute atomic E-state index is 0.301. The van der Waals surface area contributed by atoms with E-state index in [0.29, 0.717) is 5.33 Å². The number of hydrogen-bond acceptors (Lipinski definition) is 8. The average molecular weight is 383 g/mol. The van der Waals surface area contributed by atoms with Crippen LogP contribution in [0, 0.1) is 0 Å². The number of halogens is 1. The zero-order valence-corrected chi connectivity index (χ0v) is 14.3. The number of methoxy groups -OCH3 is 1. The lowest BCUT2D eigenvalue weighted by molar-refractivity contribution is -0.293. The van der Waals surface area contributed by atoms with Crippen LogP contribution in [0.25, 0.3) is 0 Å². The van der Waals surface area contributed by atoms with Gasteiger partial charge in [-0.2, -0.15) is 0 Å². The van der Waals surface area contributed by atoms with Crippen molar-refractivity contribution in [1.82, 2.24) is 0 Å². The number of alkyl halides is 1. The molecule has 0 aliphatic carbocycles. The van der Waals surface area contributed by atoms with Crippen molar-refractivity contribution in [3.05, 3.63) is 0 Å². The fourth-order valence-electron chi connectivity index (χ4n) is 2.17. The van der Waals surface area contributed by atoms with Gasteiger partial charge in [-0.25, -0.2) is 0 Å². The molecule has 0 saturated carbocycles. The van der Waals surface area contributed by atoms with E-state index in [9.17, 15) is 14.4 Å². The second-order valence-electron chi connectivity index (χ2n) is 4.66. The highest BCUT2D eigenvalue weighted by Gasteiger charge is 2.51. The van der Waals surface area contributed by atoms with Crippen LogP contribution < -0.4 is 0 Å². The molecule has 1 aliphatic heterocycles. The molecule has 1 fully saturated rings. The van der Waals surface area contributed by atoms with Gasteiger partial charge in [-0.3, -0.25) is 14.4 Å². The first-order valence-electron chi connectivity index (χ1n) is 6.56. The van der Waals surface area contributed by atoms with E-state index in [1.165, 1.54) is 27.9 Å². The Bertz CT molecular complexity index is 396. The molecular weight excluding hydrogens is 364 g/mol. The van der Waals surface area contributed by atoms with Crippen molar-refractivity contribution < 1.29 is 38.1 Å². The fraction of sp³-hybridized carbons (Fsp3) is 0.769. The van der Waals surface area contributed by atoms with Gasteiger partial charge in [-0.15, -0.1) is 0 Å². The first-order valence-corrected chi connectivity index (χ1v) is 7.68. The van der Waals surface area contributed by atoms with Crippen molar-refractivity contribution in [1.29, 1.82) is 0 Å². The van der Waals surface area contributed by atoms with E-state index in [1.807, 2.05) is 0 Å². The van der Waals surface area contributed by atoms with Gasteiger partial charge in [-0.1, -0.05) is 15.9 Å². The summed E-state index contributed by atoms with van der Waals surface area (Å²) in [6, 6.07) is 0. The largest absolute Gasteiger partial charge is 0.456 e. The SMILES string of the molecule is CO[C@H]1O[C@H](CBr)[C@@H](OC(C)=O)[C@@H](OC(C)=O)[C@H]1OC(C)=O. The maximum atomic E-state index is 11.4. The number of carbonyl (C=O) groups excluding carboxylic acids is 3. The van der Waals surface area contributed by atoms with E-state index in [-0.39, 0.29) is 0 Å². The Morgan fingerprint density at radius 1 is 0.909 bits per heavy atom. The molecule has 0 bridgehead atoms. The lowest BCUT2D eigenvalue weighted by atomic mass is 9.99. The van der Waals surface area contributed by atoms with E-state index in [4.69, 9.17) is 23.7 Å². The quantitative estimate of drug-likeness (QED) is 0.386. The van der Waals surface area contributed by atoms with Crippen LogP contribution in [-0.4, -0.2) is 61.1 Å². The van der Waals surface area contributed by atoms with Crippen LogP contribution in [0.15, 0.2) is 0 Å². The predicted molar refractivity (Wildman–Crippen MR) is 76.1 cm³/mol. The van der Waals surface area contributed by atoms with Crippen molar-refractivity contribution in [3.8, 4) is 0 Å². The molecule has 0 aromatic carbocycles. The second kappa shape index (κ2) is 8.44. The van der Waals surface area contributed by atoms with E-state index < -0.39 is 48.6 Å². The molecule has 0 spiro atoms. The minimum Gasteiger partial charge on any atom is -0.456 e. The molecule has 1 rings (SSSR count). The summed E-state index contributed by atoms with van der Waals surface area (Å²) in [5, 5.41) is 0.301. The van der Waals surface area contributed by atoms with Gasteiger partial charge >= 0.3 is 17.9 Å². The van der Waals surface area contributed by atoms with Crippen LogP contribution in [0.1, 0.15) is 20.8 Å². The van der Waals surface area contributed by atoms with Crippen LogP contribution in [0.2, 0.25) is 0 Å². The maximum Gasteiger partial charge on any atom is 0.303 e. The number of esters is 3. The summed E-state index contributed by atoms with van der Waals surface area (Å²) in [6.07, 6.45) is -4.61. The Balaban J connectivity index is 3.14. The molecule has 0 radical (unpaired) electrons. The molecule has 1 heterocycles. The third-order valence-electron chi connectivity index (χ3n) is 2.88. The second-order valence-corrected chi connectivity index (χ2v) is 5.30. The summed E-state index contributed by atoms with van der Waals surface area (Å²) < 4.78 is 26.3. The number of rotatable bonds is 5. The Labute approximate surface area is 136 Å². The molecule has 0 N–H and O–H groups in total. The van der Waals surface area contributed by atoms with E-state index >= 15 is 0 Å². The predicted octanol–water partition coefficient (Wildman–Crippen LogP) is 0.548. The zero-order chi connectivity index (χ0) is 16.9. The monoisotopic (exact) mass is 382 g/mol. The molecule has 22 heavy (non-hydrogen) atoms. The first kappa shape index (κ1) is 18.9. The molecule has 0 aromatic heterocycles. The highest BCUT2D eigenvalue weighted by Crippen LogP contribution is 2.29. The van der Waals surface area contributed by atoms with E-state index in [2.05, 4.69) is 15.9 Å². The Kier molecular flexibility index (Phi) is 7.24. The summed E-state index contributed by atoms with van der Waals surface area (Å²) in [5.41, 5.74) is 0. The van der Waals surface area contributed by atoms with Crippen LogP contribution >= 0.6 is 15.9 Å². The Morgan fingerprint density at radius 2 is 1.36 bits per heavy atom. The third kappa shape index (κ3) is 4.92. The summed E-state index contributed by atoms with van der Waals surface area (Å²) in [6.45, 7) is 3.63. The van der Waals surface area contributed by atoms with Gasteiger partial charge in [0.05, 0.1) is 0 Å². The van der Waals surface area contributed by atoms with Crippen molar-refractivity contribution in [3.63, 3.8) is 0 Å². The molecular formula is C13H19BrO8. The first-order chi connectivity index (χ1) is 10.3. The van der Waals surface area contributed by atoms with Gasteiger partial charge < -0.3 is 23.7 Å². The fourth-order valence-corrected chi connectivity index (χ4v) is 2.69. The molecule has 126 valence electrons. The summed E-state index contributed by atoms with van der Waals surface area (Å²) in [7, 11) is 1.36. The van der Waals surface area contributed by atoms with Gasteiger partial charge in [0.15, 0.2) is 24.6 Å². The molecule has 5 atom stereocenters.